The highest BCUT2D eigenvalue weighted by atomic mass is 16.5. The molecule has 1 radical (unpaired) electrons. The maximum atomic E-state index is 10.4. The van der Waals surface area contributed by atoms with Crippen LogP contribution in [0.1, 0.15) is 18.1 Å². The van der Waals surface area contributed by atoms with Crippen molar-refractivity contribution in [2.45, 2.75) is 13.5 Å². The van der Waals surface area contributed by atoms with Crippen LogP contribution in [0.3, 0.4) is 0 Å². The van der Waals surface area contributed by atoms with E-state index in [2.05, 4.69) is 0 Å². The minimum absolute atomic E-state index is 0.488. The van der Waals surface area contributed by atoms with Gasteiger partial charge in [0.1, 0.15) is 0 Å². The van der Waals surface area contributed by atoms with E-state index in [1.54, 1.807) is 6.07 Å². The molecule has 0 aliphatic heterocycles. The van der Waals surface area contributed by atoms with Crippen molar-refractivity contribution in [2.24, 2.45) is 0 Å². The molecule has 63 valence electrons. The summed E-state index contributed by atoms with van der Waals surface area (Å²) in [7, 11) is 0. The predicted octanol–water partition coefficient (Wildman–Crippen LogP) is 1.68. The number of ether oxygens (including phenoxy) is 1. The number of hydrogen-bond acceptors (Lipinski definition) is 2. The second-order valence-corrected chi connectivity index (χ2v) is 2.40. The number of carbonyl (C=O) groups excluding carboxylic acids is 1. The van der Waals surface area contributed by atoms with Gasteiger partial charge in [0.15, 0.2) is 0 Å². The first-order chi connectivity index (χ1) is 5.88. The van der Waals surface area contributed by atoms with Crippen LogP contribution in [0.2, 0.25) is 0 Å². The van der Waals surface area contributed by atoms with Crippen LogP contribution < -0.4 is 0 Å². The second kappa shape index (κ2) is 4.67. The quantitative estimate of drug-likeness (QED) is 0.675. The van der Waals surface area contributed by atoms with Crippen molar-refractivity contribution < 1.29 is 9.53 Å². The number of benzene rings is 1. The summed E-state index contributed by atoms with van der Waals surface area (Å²) in [5.41, 5.74) is 1.49. The molecule has 0 spiro atoms. The van der Waals surface area contributed by atoms with Gasteiger partial charge in [-0.2, -0.15) is 0 Å². The van der Waals surface area contributed by atoms with Crippen molar-refractivity contribution in [1.29, 1.82) is 0 Å². The summed E-state index contributed by atoms with van der Waals surface area (Å²) < 4.78 is 5.18. The van der Waals surface area contributed by atoms with E-state index in [0.29, 0.717) is 18.8 Å². The highest BCUT2D eigenvalue weighted by Gasteiger charge is 1.99. The molecule has 0 aliphatic rings. The van der Waals surface area contributed by atoms with Crippen LogP contribution in [0.25, 0.3) is 0 Å². The fourth-order valence-corrected chi connectivity index (χ4v) is 0.958. The molecule has 0 atom stereocenters. The highest BCUT2D eigenvalue weighted by molar-refractivity contribution is 5.77. The fraction of sp³-hybridized carbons (Fsp3) is 0.300. The molecule has 1 aromatic carbocycles. The zero-order valence-electron chi connectivity index (χ0n) is 7.04. The number of rotatable bonds is 4. The largest absolute Gasteiger partial charge is 0.377 e. The second-order valence-electron chi connectivity index (χ2n) is 2.40. The maximum Gasteiger partial charge on any atom is 0.233 e. The van der Waals surface area contributed by atoms with E-state index in [0.717, 1.165) is 5.56 Å². The van der Waals surface area contributed by atoms with Crippen molar-refractivity contribution in [3.8, 4) is 0 Å². The summed E-state index contributed by atoms with van der Waals surface area (Å²) >= 11 is 0. The van der Waals surface area contributed by atoms with Crippen molar-refractivity contribution in [1.82, 2.24) is 0 Å². The van der Waals surface area contributed by atoms with E-state index in [4.69, 9.17) is 4.74 Å². The minimum Gasteiger partial charge on any atom is -0.377 e. The fourth-order valence-electron chi connectivity index (χ4n) is 0.958. The van der Waals surface area contributed by atoms with Gasteiger partial charge in [-0.15, -0.1) is 0 Å². The standard InChI is InChI=1S/C10H11O2/c1-2-12-8-10-6-4-3-5-9(10)7-11/h3-6H,2,8H2,1H3. The number of hydrogen-bond donors (Lipinski definition) is 0. The van der Waals surface area contributed by atoms with Gasteiger partial charge >= 0.3 is 0 Å². The first-order valence-electron chi connectivity index (χ1n) is 3.92. The Morgan fingerprint density at radius 3 is 2.83 bits per heavy atom. The van der Waals surface area contributed by atoms with Gasteiger partial charge in [-0.3, -0.25) is 4.79 Å². The topological polar surface area (TPSA) is 26.3 Å². The molecule has 12 heavy (non-hydrogen) atoms. The SMILES string of the molecule is CCOCc1ccccc1[C]=O. The van der Waals surface area contributed by atoms with Crippen LogP contribution >= 0.6 is 0 Å². The molecular weight excluding hydrogens is 152 g/mol. The molecule has 0 bridgehead atoms. The Labute approximate surface area is 72.2 Å². The molecule has 1 aromatic rings. The molecule has 0 fully saturated rings. The van der Waals surface area contributed by atoms with Crippen LogP contribution in [-0.4, -0.2) is 12.9 Å². The smallest absolute Gasteiger partial charge is 0.233 e. The zero-order chi connectivity index (χ0) is 8.81. The third-order valence-electron chi connectivity index (χ3n) is 1.59. The average molecular weight is 163 g/mol. The van der Waals surface area contributed by atoms with Gasteiger partial charge in [0, 0.05) is 12.2 Å². The Morgan fingerprint density at radius 2 is 2.17 bits per heavy atom. The van der Waals surface area contributed by atoms with Crippen LogP contribution in [-0.2, 0) is 16.1 Å². The molecule has 0 aromatic heterocycles. The summed E-state index contributed by atoms with van der Waals surface area (Å²) in [4.78, 5) is 10.4. The molecule has 2 heteroatoms. The summed E-state index contributed by atoms with van der Waals surface area (Å²) in [5.74, 6) is 0. The monoisotopic (exact) mass is 163 g/mol. The van der Waals surface area contributed by atoms with Crippen LogP contribution in [0.15, 0.2) is 24.3 Å². The Morgan fingerprint density at radius 1 is 1.42 bits per heavy atom. The van der Waals surface area contributed by atoms with Gasteiger partial charge in [0.2, 0.25) is 6.29 Å². The lowest BCUT2D eigenvalue weighted by molar-refractivity contribution is 0.134. The highest BCUT2D eigenvalue weighted by Crippen LogP contribution is 2.06. The first kappa shape index (κ1) is 8.94. The minimum atomic E-state index is 0.488. The molecule has 0 N–H and O–H groups in total. The summed E-state index contributed by atoms with van der Waals surface area (Å²) in [6.07, 6.45) is 1.87. The van der Waals surface area contributed by atoms with Gasteiger partial charge in [0.25, 0.3) is 0 Å². The Hall–Kier alpha value is -1.15. The van der Waals surface area contributed by atoms with Gasteiger partial charge in [0.05, 0.1) is 6.61 Å². The van der Waals surface area contributed by atoms with Gasteiger partial charge < -0.3 is 4.74 Å². The molecule has 0 amide bonds. The van der Waals surface area contributed by atoms with Crippen LogP contribution in [0.5, 0.6) is 0 Å². The molecule has 0 unspecified atom stereocenters. The lowest BCUT2D eigenvalue weighted by Crippen LogP contribution is -1.96. The van der Waals surface area contributed by atoms with Gasteiger partial charge in [-0.25, -0.2) is 0 Å². The van der Waals surface area contributed by atoms with E-state index >= 15 is 0 Å². The van der Waals surface area contributed by atoms with Crippen LogP contribution in [0, 0.1) is 0 Å². The van der Waals surface area contributed by atoms with Crippen LogP contribution in [0.4, 0.5) is 0 Å². The van der Waals surface area contributed by atoms with Crippen molar-refractivity contribution in [3.05, 3.63) is 35.4 Å². The molecule has 1 rings (SSSR count). The first-order valence-corrected chi connectivity index (χ1v) is 3.92. The average Bonchev–Trinajstić information content (AvgIpc) is 2.15. The van der Waals surface area contributed by atoms with Crippen molar-refractivity contribution in [2.75, 3.05) is 6.61 Å². The Bertz CT molecular complexity index is 256. The lowest BCUT2D eigenvalue weighted by atomic mass is 10.1. The van der Waals surface area contributed by atoms with Crippen molar-refractivity contribution in [3.63, 3.8) is 0 Å². The maximum absolute atomic E-state index is 10.4. The molecular formula is C10H11O2. The summed E-state index contributed by atoms with van der Waals surface area (Å²) in [6, 6.07) is 7.31. The molecule has 0 saturated carbocycles. The third-order valence-corrected chi connectivity index (χ3v) is 1.59. The van der Waals surface area contributed by atoms with Crippen molar-refractivity contribution >= 4 is 6.29 Å². The third kappa shape index (κ3) is 2.17. The molecule has 2 nitrogen and oxygen atoms in total. The van der Waals surface area contributed by atoms with E-state index in [1.165, 1.54) is 0 Å². The normalized spacial score (nSPS) is 9.75. The Kier molecular flexibility index (Phi) is 3.48. The summed E-state index contributed by atoms with van der Waals surface area (Å²) in [6.45, 7) is 3.07. The molecule has 0 aliphatic carbocycles. The van der Waals surface area contributed by atoms with Gasteiger partial charge in [-0.1, -0.05) is 24.3 Å². The zero-order valence-corrected chi connectivity index (χ0v) is 7.04. The van der Waals surface area contributed by atoms with E-state index in [9.17, 15) is 4.79 Å². The lowest BCUT2D eigenvalue weighted by Gasteiger charge is -2.02. The van der Waals surface area contributed by atoms with E-state index in [1.807, 2.05) is 31.4 Å². The summed E-state index contributed by atoms with van der Waals surface area (Å²) in [5, 5.41) is 0. The van der Waals surface area contributed by atoms with E-state index in [-0.39, 0.29) is 0 Å². The van der Waals surface area contributed by atoms with Gasteiger partial charge in [-0.05, 0) is 12.5 Å². The Balaban J connectivity index is 2.75. The molecule has 0 saturated heterocycles. The molecule has 0 heterocycles. The predicted molar refractivity (Wildman–Crippen MR) is 46.6 cm³/mol. The van der Waals surface area contributed by atoms with E-state index < -0.39 is 0 Å².